The molecule has 4 atom stereocenters. The molecule has 0 saturated heterocycles. The van der Waals surface area contributed by atoms with Crippen LogP contribution in [-0.2, 0) is 68.9 Å². The average molecular weight is 2030 g/mol. The molecule has 8 aromatic carbocycles. The van der Waals surface area contributed by atoms with Crippen LogP contribution in [0.5, 0.6) is 0 Å². The SMILES string of the molecule is O=C1c2cc(Br)ccc2C(O)(c2ccc(Cl)cc2)N1Cc1ccc(Cl)cn1.[2H]C([2H])(O)C1(C([2H])([2H])OC2(c3ccc(C#N)cc3)c3ccc(Br)cc3C(=O)N2Cc2ccc(Cl)cn2)CC1.[2H]C([2H])(O)C1(C([2H])([2H])OC2(c3ccc(C#N)cc3)c3ccc(C(=C)C)cc3C(=O)N2Cc2ccc(Cl)cn2)CC1.[2H]C([2H])(O)C1(C([2H])([2H])O[C@]2(c3ccc(C#N)cc3)c3ccc(C(C)(C)O)cc3C(=O)N2Cc2ccc(Cl)cn2)CC1. The lowest BCUT2D eigenvalue weighted by Crippen LogP contribution is -2.47. The van der Waals surface area contributed by atoms with E-state index in [1.165, 1.54) is 86.9 Å². The minimum Gasteiger partial charge on any atom is -0.396 e. The van der Waals surface area contributed by atoms with Crippen LogP contribution < -0.4 is 0 Å². The second-order valence-corrected chi connectivity index (χ2v) is 37.6. The Kier molecular flexibility index (Phi) is 23.4. The van der Waals surface area contributed by atoms with Crippen LogP contribution in [0.15, 0.2) is 259 Å². The number of benzene rings is 8. The Morgan fingerprint density at radius 2 is 0.709 bits per heavy atom. The van der Waals surface area contributed by atoms with Gasteiger partial charge in [0.05, 0.1) is 165 Å². The largest absolute Gasteiger partial charge is 0.396 e. The molecule has 0 radical (unpaired) electrons. The third kappa shape index (κ3) is 18.9. The summed E-state index contributed by atoms with van der Waals surface area (Å²) in [6.45, 7) is -8.23. The van der Waals surface area contributed by atoms with Crippen molar-refractivity contribution in [2.75, 3.05) is 39.4 Å². The lowest BCUT2D eigenvalue weighted by molar-refractivity contribution is -0.129. The highest BCUT2D eigenvalue weighted by Crippen LogP contribution is 2.56. The number of fused-ring (bicyclic) bond motifs is 4. The fraction of sp³-hybridized carbons (Fsp3) is 0.260. The highest BCUT2D eigenvalue weighted by molar-refractivity contribution is 9.10. The van der Waals surface area contributed by atoms with E-state index in [-0.39, 0.29) is 92.9 Å². The topological polar surface area (TPSA) is 333 Å². The number of carbonyl (C=O) groups excluding carboxylic acids is 4. The first-order valence-corrected chi connectivity index (χ1v) is 45.3. The number of ether oxygens (including phenoxy) is 3. The minimum absolute atomic E-state index is 0.0180. The van der Waals surface area contributed by atoms with Crippen molar-refractivity contribution in [2.24, 2.45) is 16.2 Å². The lowest BCUT2D eigenvalue weighted by Gasteiger charge is -2.40. The summed E-state index contributed by atoms with van der Waals surface area (Å²) in [6.07, 6.45) is 6.02. The van der Waals surface area contributed by atoms with Gasteiger partial charge in [-0.1, -0.05) is 187 Å². The van der Waals surface area contributed by atoms with E-state index in [1.807, 2.05) is 12.1 Å². The smallest absolute Gasteiger partial charge is 0.257 e. The number of hydrogen-bond donors (Lipinski definition) is 5. The van der Waals surface area contributed by atoms with Gasteiger partial charge in [0.25, 0.3) is 23.6 Å². The van der Waals surface area contributed by atoms with Gasteiger partial charge >= 0.3 is 0 Å². The van der Waals surface area contributed by atoms with Gasteiger partial charge in [0.15, 0.2) is 22.9 Å². The Bertz CT molecular complexity index is 7280. The lowest BCUT2D eigenvalue weighted by atomic mass is 9.89. The van der Waals surface area contributed by atoms with E-state index >= 15 is 0 Å². The maximum Gasteiger partial charge on any atom is 0.257 e. The highest BCUT2D eigenvalue weighted by atomic mass is 79.9. The van der Waals surface area contributed by atoms with Crippen LogP contribution >= 0.6 is 89.9 Å². The summed E-state index contributed by atoms with van der Waals surface area (Å²) in [5.41, 5.74) is -5.34. The van der Waals surface area contributed by atoms with Crippen LogP contribution in [0.25, 0.3) is 5.57 Å². The fourth-order valence-corrected chi connectivity index (χ4v) is 17.4. The van der Waals surface area contributed by atoms with Crippen molar-refractivity contribution in [3.8, 4) is 18.2 Å². The fourth-order valence-electron chi connectivity index (χ4n) is 16.1. The number of rotatable bonds is 26. The number of aliphatic hydroxyl groups is 5. The molecule has 4 aliphatic heterocycles. The van der Waals surface area contributed by atoms with Crippen molar-refractivity contribution in [1.82, 2.24) is 39.5 Å². The summed E-state index contributed by atoms with van der Waals surface area (Å²) in [7, 11) is 0. The molecule has 23 nitrogen and oxygen atoms in total. The molecule has 19 rings (SSSR count). The molecule has 8 heterocycles. The molecule has 30 heteroatoms. The third-order valence-electron chi connectivity index (χ3n) is 24.1. The van der Waals surface area contributed by atoms with Gasteiger partial charge in [-0.2, -0.15) is 15.8 Å². The van der Waals surface area contributed by atoms with Crippen LogP contribution in [0.2, 0.25) is 25.1 Å². The van der Waals surface area contributed by atoms with E-state index in [9.17, 15) is 60.5 Å². The number of amides is 4. The number of nitrogens with zero attached hydrogens (tertiary/aromatic N) is 11. The number of pyridine rings is 4. The molecule has 5 N–H and O–H groups in total. The van der Waals surface area contributed by atoms with Crippen molar-refractivity contribution < 1.29 is 75.4 Å². The number of nitriles is 3. The molecule has 3 unspecified atom stereocenters. The summed E-state index contributed by atoms with van der Waals surface area (Å²) in [5.74, 6) is -1.75. The molecule has 680 valence electrons. The summed E-state index contributed by atoms with van der Waals surface area (Å²) < 4.78 is 122. The number of halogens is 7. The Hall–Kier alpha value is -11.5. The van der Waals surface area contributed by atoms with Crippen LogP contribution in [0.4, 0.5) is 0 Å². The number of aromatic nitrogens is 4. The predicted molar refractivity (Wildman–Crippen MR) is 512 cm³/mol. The van der Waals surface area contributed by atoms with Crippen LogP contribution in [0.1, 0.15) is 212 Å². The Morgan fingerprint density at radius 3 is 1.02 bits per heavy atom. The molecule has 3 fully saturated rings. The maximum absolute atomic E-state index is 14.2. The van der Waals surface area contributed by atoms with Gasteiger partial charge in [0.1, 0.15) is 0 Å². The zero-order valence-electron chi connectivity index (χ0n) is 83.5. The predicted octanol–water partition coefficient (Wildman–Crippen LogP) is 19.8. The van der Waals surface area contributed by atoms with E-state index in [0.717, 1.165) is 10.0 Å². The van der Waals surface area contributed by atoms with E-state index in [1.54, 1.807) is 197 Å². The average Bonchev–Trinajstić information content (AvgIpc) is 1.53. The van der Waals surface area contributed by atoms with Gasteiger partial charge in [-0.25, -0.2) is 0 Å². The molecule has 12 aromatic rings. The number of hydrogen-bond acceptors (Lipinski definition) is 19. The van der Waals surface area contributed by atoms with E-state index < -0.39 is 102 Å². The molecule has 134 heavy (non-hydrogen) atoms. The first-order valence-electron chi connectivity index (χ1n) is 47.8. The van der Waals surface area contributed by atoms with Crippen LogP contribution in [0.3, 0.4) is 0 Å². The van der Waals surface area contributed by atoms with Crippen molar-refractivity contribution in [3.05, 3.63) is 401 Å². The minimum atomic E-state index is -2.92. The van der Waals surface area contributed by atoms with Gasteiger partial charge in [0, 0.05) is 122 Å². The van der Waals surface area contributed by atoms with Gasteiger partial charge < -0.3 is 39.7 Å². The summed E-state index contributed by atoms with van der Waals surface area (Å²) in [6, 6.07) is 64.8. The first-order chi connectivity index (χ1) is 68.5. The molecular formula is C104H88Br2Cl5N11O12. The van der Waals surface area contributed by atoms with Gasteiger partial charge in [-0.05, 0) is 204 Å². The highest BCUT2D eigenvalue weighted by Gasteiger charge is 2.59. The Balaban J connectivity index is 0.000000141. The van der Waals surface area contributed by atoms with E-state index in [4.69, 9.17) is 88.7 Å². The van der Waals surface area contributed by atoms with Crippen molar-refractivity contribution in [3.63, 3.8) is 0 Å². The number of carbonyl (C=O) groups is 4. The maximum atomic E-state index is 14.2. The summed E-state index contributed by atoms with van der Waals surface area (Å²) >= 11 is 36.8. The van der Waals surface area contributed by atoms with Crippen LogP contribution in [-0.4, -0.2) is 128 Å². The second kappa shape index (κ2) is 38.7. The molecular weight excluding hydrogens is 1930 g/mol. The Labute approximate surface area is 833 Å². The molecule has 0 spiro atoms. The number of allylic oxidation sites excluding steroid dienone is 1. The van der Waals surface area contributed by atoms with Crippen LogP contribution in [0, 0.1) is 50.2 Å². The first kappa shape index (κ1) is 80.9. The standard InChI is InChI=1S/C29H28ClN3O4.C29H26ClN3O3.C26H21BrClN3O3.C20H13BrCl2N2O2/c1-27(2,36)21-7-10-25-24(13-21)26(35)33(16-23-9-8-22(30)15-32-23)29(25,37-18-28(17-34)11-12-28)20-5-3-19(14-31)4-6-20;1-19(2)21-5-10-26-25(13-21)27(35)33(16-24-9-8-23(30)15-32-24)29(26,36-18-28(17-34)11-12-28)22-6-3-20(14-31)4-7-22;27-19-5-8-23-22(11-19)24(33)31(14-21-7-6-20(28)13-30-21)26(23,34-16-25(15-32)9-10-25)18-3-1-17(12-29)2-4-18;21-13-3-8-18-17(9-13)19(26)25(11-16-7-6-15(23)10-24-16)20(18,27)12-1-4-14(22)5-2-12/h3-10,13,15,34,36H,11-12,16-18H2,1-2H3;3-10,13,15,34H,1,11-12,16-18H2,2H3;1-8,11,13,32H,9-10,14-16H2;1-10,27H,11H2/t29-;;;/m1.../s1/i2*17D2,18D2;15D2,16D2;. The quantitative estimate of drug-likeness (QED) is 0.0336. The van der Waals surface area contributed by atoms with Crippen molar-refractivity contribution in [2.45, 2.75) is 114 Å². The monoisotopic (exact) mass is 2030 g/mol. The molecule has 3 aliphatic carbocycles. The van der Waals surface area contributed by atoms with Crippen molar-refractivity contribution in [1.29, 1.82) is 15.8 Å². The molecule has 4 aromatic heterocycles. The molecule has 4 amide bonds. The van der Waals surface area contributed by atoms with E-state index in [0.29, 0.717) is 125 Å². The van der Waals surface area contributed by atoms with Gasteiger partial charge in [0.2, 0.25) is 0 Å². The zero-order chi connectivity index (χ0) is 106. The molecule has 0 bridgehead atoms. The van der Waals surface area contributed by atoms with Gasteiger partial charge in [-0.15, -0.1) is 0 Å². The normalized spacial score (nSPS) is 21.6. The summed E-state index contributed by atoms with van der Waals surface area (Å²) in [5, 5.41) is 83.9. The second-order valence-electron chi connectivity index (χ2n) is 33.5. The van der Waals surface area contributed by atoms with Gasteiger partial charge in [-0.3, -0.25) is 58.7 Å². The summed E-state index contributed by atoms with van der Waals surface area (Å²) in [4.78, 5) is 78.1. The van der Waals surface area contributed by atoms with Crippen molar-refractivity contribution >= 4 is 119 Å². The molecule has 3 saturated carbocycles. The zero-order valence-corrected chi connectivity index (χ0v) is 78.5. The third-order valence-corrected chi connectivity index (χ3v) is 26.2. The van der Waals surface area contributed by atoms with E-state index in [2.05, 4.69) is 64.4 Å². The Morgan fingerprint density at radius 1 is 0.418 bits per heavy atom. The molecule has 7 aliphatic rings.